The van der Waals surface area contributed by atoms with E-state index in [1.165, 1.54) is 0 Å². The molecule has 21 heavy (non-hydrogen) atoms. The summed E-state index contributed by atoms with van der Waals surface area (Å²) in [6.07, 6.45) is 1.69. The molecule has 7 nitrogen and oxygen atoms in total. The number of ether oxygens (including phenoxy) is 1. The molecule has 0 aliphatic carbocycles. The average molecular weight is 287 g/mol. The van der Waals surface area contributed by atoms with E-state index in [0.717, 1.165) is 24.4 Å². The second-order valence-electron chi connectivity index (χ2n) is 4.93. The summed E-state index contributed by atoms with van der Waals surface area (Å²) in [5.74, 6) is 0.543. The fourth-order valence-corrected chi connectivity index (χ4v) is 2.08. The lowest BCUT2D eigenvalue weighted by atomic mass is 10.2. The summed E-state index contributed by atoms with van der Waals surface area (Å²) < 4.78 is 6.88. The summed E-state index contributed by atoms with van der Waals surface area (Å²) >= 11 is 0. The number of hydrogen-bond acceptors (Lipinski definition) is 5. The molecule has 2 heterocycles. The van der Waals surface area contributed by atoms with Crippen molar-refractivity contribution in [3.63, 3.8) is 0 Å². The Morgan fingerprint density at radius 1 is 1.52 bits per heavy atom. The van der Waals surface area contributed by atoms with Gasteiger partial charge in [0.25, 0.3) is 5.91 Å². The fraction of sp³-hybridized carbons (Fsp3) is 0.357. The van der Waals surface area contributed by atoms with Crippen molar-refractivity contribution in [3.05, 3.63) is 41.7 Å². The lowest BCUT2D eigenvalue weighted by molar-refractivity contribution is 0.0945. The Morgan fingerprint density at radius 2 is 2.38 bits per heavy atom. The minimum atomic E-state index is -0.226. The van der Waals surface area contributed by atoms with Gasteiger partial charge in [0.2, 0.25) is 0 Å². The third kappa shape index (κ3) is 3.03. The quantitative estimate of drug-likeness (QED) is 0.830. The Bertz CT molecular complexity index is 636. The van der Waals surface area contributed by atoms with Gasteiger partial charge in [-0.25, -0.2) is 4.68 Å². The zero-order chi connectivity index (χ0) is 14.7. The number of nitrogens with one attached hydrogen (secondary N) is 2. The van der Waals surface area contributed by atoms with E-state index in [2.05, 4.69) is 20.9 Å². The molecule has 7 heteroatoms. The molecular weight excluding hydrogens is 270 g/mol. The standard InChI is InChI=1S/C14H17N5O2/c1-21-12-4-2-3-10(5-12)6-16-14(20)13-9-19(18-17-13)11-7-15-8-11/h2-5,9,11,15H,6-8H2,1H3,(H,16,20). The van der Waals surface area contributed by atoms with Gasteiger partial charge in [-0.1, -0.05) is 17.3 Å². The van der Waals surface area contributed by atoms with Crippen molar-refractivity contribution in [2.45, 2.75) is 12.6 Å². The van der Waals surface area contributed by atoms with Crippen LogP contribution in [0.25, 0.3) is 0 Å². The Morgan fingerprint density at radius 3 is 3.10 bits per heavy atom. The average Bonchev–Trinajstić information content (AvgIpc) is 2.92. The normalized spacial score (nSPS) is 14.5. The number of hydrogen-bond donors (Lipinski definition) is 2. The molecule has 3 rings (SSSR count). The van der Waals surface area contributed by atoms with Gasteiger partial charge in [-0.05, 0) is 17.7 Å². The van der Waals surface area contributed by atoms with E-state index in [4.69, 9.17) is 4.74 Å². The van der Waals surface area contributed by atoms with Crippen LogP contribution in [-0.2, 0) is 6.54 Å². The van der Waals surface area contributed by atoms with Crippen LogP contribution in [0.3, 0.4) is 0 Å². The van der Waals surface area contributed by atoms with Crippen LogP contribution in [0.4, 0.5) is 0 Å². The van der Waals surface area contributed by atoms with Crippen LogP contribution in [0, 0.1) is 0 Å². The Kier molecular flexibility index (Phi) is 3.83. The minimum absolute atomic E-state index is 0.226. The van der Waals surface area contributed by atoms with Crippen molar-refractivity contribution in [2.24, 2.45) is 0 Å². The summed E-state index contributed by atoms with van der Waals surface area (Å²) in [5.41, 5.74) is 1.31. The van der Waals surface area contributed by atoms with Crippen molar-refractivity contribution < 1.29 is 9.53 Å². The molecule has 1 saturated heterocycles. The molecule has 0 radical (unpaired) electrons. The zero-order valence-corrected chi connectivity index (χ0v) is 11.7. The predicted octanol–water partition coefficient (Wildman–Crippen LogP) is 0.361. The Hall–Kier alpha value is -2.41. The van der Waals surface area contributed by atoms with Crippen molar-refractivity contribution in [3.8, 4) is 5.75 Å². The number of carbonyl (C=O) groups is 1. The van der Waals surface area contributed by atoms with Gasteiger partial charge in [-0.2, -0.15) is 0 Å². The fourth-order valence-electron chi connectivity index (χ4n) is 2.08. The van der Waals surface area contributed by atoms with E-state index >= 15 is 0 Å². The second kappa shape index (κ2) is 5.92. The molecule has 0 unspecified atom stereocenters. The van der Waals surface area contributed by atoms with Gasteiger partial charge >= 0.3 is 0 Å². The van der Waals surface area contributed by atoms with Gasteiger partial charge in [-0.15, -0.1) is 5.10 Å². The van der Waals surface area contributed by atoms with Gasteiger partial charge in [-0.3, -0.25) is 4.79 Å². The summed E-state index contributed by atoms with van der Waals surface area (Å²) in [5, 5.41) is 13.9. The maximum absolute atomic E-state index is 12.0. The maximum Gasteiger partial charge on any atom is 0.273 e. The summed E-state index contributed by atoms with van der Waals surface area (Å²) in [7, 11) is 1.62. The molecule has 1 aliphatic rings. The highest BCUT2D eigenvalue weighted by Gasteiger charge is 2.21. The van der Waals surface area contributed by atoms with Crippen LogP contribution in [0.2, 0.25) is 0 Å². The molecule has 1 aromatic heterocycles. The lowest BCUT2D eigenvalue weighted by Gasteiger charge is -2.26. The number of aromatic nitrogens is 3. The van der Waals surface area contributed by atoms with Crippen molar-refractivity contribution in [1.82, 2.24) is 25.6 Å². The van der Waals surface area contributed by atoms with Crippen LogP contribution in [-0.4, -0.2) is 41.1 Å². The molecule has 110 valence electrons. The first-order valence-corrected chi connectivity index (χ1v) is 6.80. The number of nitrogens with zero attached hydrogens (tertiary/aromatic N) is 3. The molecule has 1 fully saturated rings. The van der Waals surface area contributed by atoms with Crippen LogP contribution in [0.1, 0.15) is 22.1 Å². The van der Waals surface area contributed by atoms with Gasteiger partial charge in [0.05, 0.1) is 19.3 Å². The highest BCUT2D eigenvalue weighted by molar-refractivity contribution is 5.91. The second-order valence-corrected chi connectivity index (χ2v) is 4.93. The molecule has 1 amide bonds. The minimum Gasteiger partial charge on any atom is -0.497 e. The van der Waals surface area contributed by atoms with Crippen molar-refractivity contribution >= 4 is 5.91 Å². The monoisotopic (exact) mass is 287 g/mol. The van der Waals surface area contributed by atoms with Gasteiger partial charge in [0.15, 0.2) is 5.69 Å². The van der Waals surface area contributed by atoms with Crippen LogP contribution in [0.5, 0.6) is 5.75 Å². The number of carbonyl (C=O) groups excluding carboxylic acids is 1. The van der Waals surface area contributed by atoms with Gasteiger partial charge in [0.1, 0.15) is 5.75 Å². The van der Waals surface area contributed by atoms with Crippen LogP contribution >= 0.6 is 0 Å². The molecular formula is C14H17N5O2. The molecule has 0 saturated carbocycles. The third-order valence-electron chi connectivity index (χ3n) is 3.46. The smallest absolute Gasteiger partial charge is 0.273 e. The van der Waals surface area contributed by atoms with Crippen molar-refractivity contribution in [1.29, 1.82) is 0 Å². The third-order valence-corrected chi connectivity index (χ3v) is 3.46. The van der Waals surface area contributed by atoms with E-state index in [0.29, 0.717) is 18.3 Å². The van der Waals surface area contributed by atoms with Crippen LogP contribution < -0.4 is 15.4 Å². The Balaban J connectivity index is 1.59. The molecule has 0 bridgehead atoms. The Labute approximate surface area is 122 Å². The van der Waals surface area contributed by atoms with Gasteiger partial charge < -0.3 is 15.4 Å². The summed E-state index contributed by atoms with van der Waals surface area (Å²) in [6, 6.07) is 7.87. The first-order valence-electron chi connectivity index (χ1n) is 6.80. The highest BCUT2D eigenvalue weighted by Crippen LogP contribution is 2.13. The first-order chi connectivity index (χ1) is 10.3. The SMILES string of the molecule is COc1cccc(CNC(=O)c2cn(C3CNC3)nn2)c1. The van der Waals surface area contributed by atoms with E-state index < -0.39 is 0 Å². The van der Waals surface area contributed by atoms with E-state index in [1.54, 1.807) is 18.0 Å². The molecule has 0 spiro atoms. The number of rotatable bonds is 5. The van der Waals surface area contributed by atoms with Crippen molar-refractivity contribution in [2.75, 3.05) is 20.2 Å². The summed E-state index contributed by atoms with van der Waals surface area (Å²) in [6.45, 7) is 2.16. The topological polar surface area (TPSA) is 81.1 Å². The molecule has 0 atom stereocenters. The van der Waals surface area contributed by atoms with Crippen LogP contribution in [0.15, 0.2) is 30.5 Å². The number of amides is 1. The highest BCUT2D eigenvalue weighted by atomic mass is 16.5. The molecule has 2 N–H and O–H groups in total. The molecule has 1 aliphatic heterocycles. The summed E-state index contributed by atoms with van der Waals surface area (Å²) in [4.78, 5) is 12.0. The lowest BCUT2D eigenvalue weighted by Crippen LogP contribution is -2.43. The predicted molar refractivity (Wildman–Crippen MR) is 76.1 cm³/mol. The molecule has 1 aromatic carbocycles. The zero-order valence-electron chi connectivity index (χ0n) is 11.7. The number of methoxy groups -OCH3 is 1. The first kappa shape index (κ1) is 13.6. The van der Waals surface area contributed by atoms with Gasteiger partial charge in [0, 0.05) is 19.6 Å². The molecule has 2 aromatic rings. The largest absolute Gasteiger partial charge is 0.497 e. The van der Waals surface area contributed by atoms with E-state index in [1.807, 2.05) is 24.3 Å². The number of benzene rings is 1. The maximum atomic E-state index is 12.0. The van der Waals surface area contributed by atoms with E-state index in [-0.39, 0.29) is 5.91 Å². The van der Waals surface area contributed by atoms with E-state index in [9.17, 15) is 4.79 Å².